The molecule has 1 amide bonds. The molecule has 0 saturated carbocycles. The molecular weight excluding hydrogens is 388 g/mol. The standard InChI is InChI=1S/C26H28N2O3/c1-3-20(2)23-12-14-24(15-13-23)31-19-26(29)28-27-17-22-10-7-11-25(16-22)30-18-21-8-5-4-6-9-21/h4-17,20H,3,18-19H2,1-2H3,(H,28,29)/b27-17-/t20-/m1/s1. The number of carbonyl (C=O) groups is 1. The molecule has 0 fully saturated rings. The summed E-state index contributed by atoms with van der Waals surface area (Å²) in [5, 5.41) is 4.00. The first-order valence-corrected chi connectivity index (χ1v) is 10.5. The van der Waals surface area contributed by atoms with Crippen LogP contribution in [0, 0.1) is 0 Å². The Morgan fingerprint density at radius 2 is 1.74 bits per heavy atom. The summed E-state index contributed by atoms with van der Waals surface area (Å²) < 4.78 is 11.3. The predicted octanol–water partition coefficient (Wildman–Crippen LogP) is 5.31. The molecule has 31 heavy (non-hydrogen) atoms. The molecule has 0 saturated heterocycles. The molecule has 0 aliphatic carbocycles. The van der Waals surface area contributed by atoms with Gasteiger partial charge >= 0.3 is 0 Å². The third-order valence-corrected chi connectivity index (χ3v) is 4.94. The molecule has 160 valence electrons. The maximum atomic E-state index is 12.0. The zero-order chi connectivity index (χ0) is 21.9. The van der Waals surface area contributed by atoms with Gasteiger partial charge < -0.3 is 9.47 Å². The molecule has 1 atom stereocenters. The average molecular weight is 417 g/mol. The van der Waals surface area contributed by atoms with Crippen LogP contribution in [0.4, 0.5) is 0 Å². The molecule has 0 aliphatic rings. The van der Waals surface area contributed by atoms with E-state index in [0.717, 1.165) is 23.3 Å². The molecule has 3 aromatic rings. The number of nitrogens with zero attached hydrogens (tertiary/aromatic N) is 1. The van der Waals surface area contributed by atoms with E-state index in [0.29, 0.717) is 18.3 Å². The number of carbonyl (C=O) groups excluding carboxylic acids is 1. The van der Waals surface area contributed by atoms with Crippen molar-refractivity contribution in [2.75, 3.05) is 6.61 Å². The van der Waals surface area contributed by atoms with Crippen LogP contribution in [-0.2, 0) is 11.4 Å². The Bertz CT molecular complexity index is 985. The summed E-state index contributed by atoms with van der Waals surface area (Å²) in [6.07, 6.45) is 2.66. The van der Waals surface area contributed by atoms with Crippen LogP contribution in [0.25, 0.3) is 0 Å². The number of rotatable bonds is 10. The Balaban J connectivity index is 1.44. The van der Waals surface area contributed by atoms with Crippen molar-refractivity contribution in [3.05, 3.63) is 95.6 Å². The molecular formula is C26H28N2O3. The highest BCUT2D eigenvalue weighted by Crippen LogP contribution is 2.21. The Kier molecular flexibility index (Phi) is 8.23. The number of hydrazone groups is 1. The van der Waals surface area contributed by atoms with Crippen molar-refractivity contribution in [3.63, 3.8) is 0 Å². The van der Waals surface area contributed by atoms with Crippen LogP contribution in [0.5, 0.6) is 11.5 Å². The maximum absolute atomic E-state index is 12.0. The van der Waals surface area contributed by atoms with Gasteiger partial charge in [-0.1, -0.05) is 68.4 Å². The fourth-order valence-electron chi connectivity index (χ4n) is 2.91. The van der Waals surface area contributed by atoms with Crippen molar-refractivity contribution in [1.29, 1.82) is 0 Å². The molecule has 0 aromatic heterocycles. The minimum absolute atomic E-state index is 0.0970. The zero-order valence-corrected chi connectivity index (χ0v) is 18.0. The Labute approximate surface area is 183 Å². The van der Waals surface area contributed by atoms with Gasteiger partial charge in [0.25, 0.3) is 5.91 Å². The normalized spacial score (nSPS) is 11.8. The molecule has 0 spiro atoms. The second-order valence-corrected chi connectivity index (χ2v) is 7.31. The first-order chi connectivity index (χ1) is 15.1. The van der Waals surface area contributed by atoms with Crippen LogP contribution in [0.15, 0.2) is 84.0 Å². The fraction of sp³-hybridized carbons (Fsp3) is 0.231. The van der Waals surface area contributed by atoms with Gasteiger partial charge in [0.05, 0.1) is 6.21 Å². The van der Waals surface area contributed by atoms with E-state index in [-0.39, 0.29) is 12.5 Å². The van der Waals surface area contributed by atoms with Gasteiger partial charge in [0, 0.05) is 0 Å². The predicted molar refractivity (Wildman–Crippen MR) is 124 cm³/mol. The molecule has 0 bridgehead atoms. The minimum atomic E-state index is -0.321. The van der Waals surface area contributed by atoms with Gasteiger partial charge in [0.1, 0.15) is 18.1 Å². The van der Waals surface area contributed by atoms with Crippen LogP contribution in [-0.4, -0.2) is 18.7 Å². The number of nitrogens with one attached hydrogen (secondary N) is 1. The van der Waals surface area contributed by atoms with E-state index in [4.69, 9.17) is 9.47 Å². The molecule has 0 unspecified atom stereocenters. The third kappa shape index (κ3) is 7.30. The van der Waals surface area contributed by atoms with E-state index < -0.39 is 0 Å². The highest BCUT2D eigenvalue weighted by atomic mass is 16.5. The van der Waals surface area contributed by atoms with Crippen molar-refractivity contribution in [1.82, 2.24) is 5.43 Å². The first-order valence-electron chi connectivity index (χ1n) is 10.5. The molecule has 5 heteroatoms. The Morgan fingerprint density at radius 3 is 2.48 bits per heavy atom. The topological polar surface area (TPSA) is 59.9 Å². The summed E-state index contributed by atoms with van der Waals surface area (Å²) in [5.74, 6) is 1.59. The number of benzene rings is 3. The summed E-state index contributed by atoms with van der Waals surface area (Å²) >= 11 is 0. The molecule has 0 aliphatic heterocycles. The zero-order valence-electron chi connectivity index (χ0n) is 18.0. The lowest BCUT2D eigenvalue weighted by molar-refractivity contribution is -0.123. The lowest BCUT2D eigenvalue weighted by Crippen LogP contribution is -2.24. The molecule has 0 radical (unpaired) electrons. The number of hydrogen-bond acceptors (Lipinski definition) is 4. The van der Waals surface area contributed by atoms with Gasteiger partial charge in [-0.2, -0.15) is 5.10 Å². The first kappa shape index (κ1) is 22.1. The molecule has 1 N–H and O–H groups in total. The van der Waals surface area contributed by atoms with E-state index in [1.165, 1.54) is 5.56 Å². The van der Waals surface area contributed by atoms with Crippen LogP contribution in [0.2, 0.25) is 0 Å². The van der Waals surface area contributed by atoms with Crippen LogP contribution < -0.4 is 14.9 Å². The molecule has 5 nitrogen and oxygen atoms in total. The number of hydrogen-bond donors (Lipinski definition) is 1. The van der Waals surface area contributed by atoms with Gasteiger partial charge in [0.2, 0.25) is 0 Å². The van der Waals surface area contributed by atoms with E-state index in [2.05, 4.69) is 24.4 Å². The number of amides is 1. The Hall–Kier alpha value is -3.60. The van der Waals surface area contributed by atoms with E-state index in [9.17, 15) is 4.79 Å². The summed E-state index contributed by atoms with van der Waals surface area (Å²) in [6.45, 7) is 4.74. The average Bonchev–Trinajstić information content (AvgIpc) is 2.82. The molecule has 0 heterocycles. The number of ether oxygens (including phenoxy) is 2. The van der Waals surface area contributed by atoms with Gasteiger partial charge in [-0.05, 0) is 53.3 Å². The van der Waals surface area contributed by atoms with Crippen LogP contribution >= 0.6 is 0 Å². The summed E-state index contributed by atoms with van der Waals surface area (Å²) in [5.41, 5.74) is 5.67. The third-order valence-electron chi connectivity index (χ3n) is 4.94. The van der Waals surface area contributed by atoms with Gasteiger partial charge in [-0.15, -0.1) is 0 Å². The molecule has 3 aromatic carbocycles. The van der Waals surface area contributed by atoms with Crippen molar-refractivity contribution in [3.8, 4) is 11.5 Å². The Morgan fingerprint density at radius 1 is 0.968 bits per heavy atom. The van der Waals surface area contributed by atoms with Crippen molar-refractivity contribution >= 4 is 12.1 Å². The highest BCUT2D eigenvalue weighted by molar-refractivity contribution is 5.83. The minimum Gasteiger partial charge on any atom is -0.489 e. The second-order valence-electron chi connectivity index (χ2n) is 7.31. The monoisotopic (exact) mass is 416 g/mol. The highest BCUT2D eigenvalue weighted by Gasteiger charge is 2.05. The smallest absolute Gasteiger partial charge is 0.277 e. The second kappa shape index (κ2) is 11.6. The summed E-state index contributed by atoms with van der Waals surface area (Å²) in [6, 6.07) is 25.3. The van der Waals surface area contributed by atoms with Crippen LogP contribution in [0.1, 0.15) is 42.9 Å². The SMILES string of the molecule is CC[C@@H](C)c1ccc(OCC(=O)N/N=C\c2cccc(OCc3ccccc3)c2)cc1. The lowest BCUT2D eigenvalue weighted by atomic mass is 9.99. The van der Waals surface area contributed by atoms with Crippen LogP contribution in [0.3, 0.4) is 0 Å². The van der Waals surface area contributed by atoms with Gasteiger partial charge in [-0.3, -0.25) is 4.79 Å². The van der Waals surface area contributed by atoms with Crippen molar-refractivity contribution in [2.24, 2.45) is 5.10 Å². The maximum Gasteiger partial charge on any atom is 0.277 e. The fourth-order valence-corrected chi connectivity index (χ4v) is 2.91. The quantitative estimate of drug-likeness (QED) is 0.360. The lowest BCUT2D eigenvalue weighted by Gasteiger charge is -2.10. The van der Waals surface area contributed by atoms with Crippen molar-refractivity contribution in [2.45, 2.75) is 32.8 Å². The van der Waals surface area contributed by atoms with Gasteiger partial charge in [-0.25, -0.2) is 5.43 Å². The summed E-state index contributed by atoms with van der Waals surface area (Å²) in [4.78, 5) is 12.0. The van der Waals surface area contributed by atoms with E-state index >= 15 is 0 Å². The van der Waals surface area contributed by atoms with E-state index in [1.807, 2.05) is 78.9 Å². The van der Waals surface area contributed by atoms with Gasteiger partial charge in [0.15, 0.2) is 6.61 Å². The largest absolute Gasteiger partial charge is 0.489 e. The van der Waals surface area contributed by atoms with Crippen molar-refractivity contribution < 1.29 is 14.3 Å². The molecule has 3 rings (SSSR count). The summed E-state index contributed by atoms with van der Waals surface area (Å²) in [7, 11) is 0. The van der Waals surface area contributed by atoms with E-state index in [1.54, 1.807) is 6.21 Å².